The molecule has 4 aromatic rings. The Bertz CT molecular complexity index is 1770. The number of anilines is 2. The number of methoxy groups -OCH3 is 2. The number of pyridine rings is 1. The van der Waals surface area contributed by atoms with Crippen molar-refractivity contribution in [3.63, 3.8) is 0 Å². The van der Waals surface area contributed by atoms with E-state index < -0.39 is 35.4 Å². The number of rotatable bonds is 11. The summed E-state index contributed by atoms with van der Waals surface area (Å²) in [6, 6.07) is 12.9. The minimum absolute atomic E-state index is 0.0635. The van der Waals surface area contributed by atoms with Crippen molar-refractivity contribution in [1.82, 2.24) is 9.88 Å². The van der Waals surface area contributed by atoms with Crippen LogP contribution in [0.4, 0.5) is 25.0 Å². The van der Waals surface area contributed by atoms with Gasteiger partial charge in [0.05, 0.1) is 38.1 Å². The van der Waals surface area contributed by atoms with Gasteiger partial charge in [0.2, 0.25) is 11.8 Å². The lowest BCUT2D eigenvalue weighted by atomic mass is 10.0. The van der Waals surface area contributed by atoms with E-state index in [0.29, 0.717) is 28.2 Å². The molecule has 0 bridgehead atoms. The number of urea groups is 1. The fourth-order valence-electron chi connectivity index (χ4n) is 4.92. The molecule has 46 heavy (non-hydrogen) atoms. The number of ether oxygens (including phenoxy) is 4. The zero-order valence-electron chi connectivity index (χ0n) is 25.6. The molecular formula is C33H32F2N4O7. The van der Waals surface area contributed by atoms with Crippen LogP contribution in [0.5, 0.6) is 23.0 Å². The zero-order chi connectivity index (χ0) is 33.0. The average molecular weight is 635 g/mol. The molecule has 1 fully saturated rings. The Morgan fingerprint density at radius 2 is 1.67 bits per heavy atom. The van der Waals surface area contributed by atoms with Crippen LogP contribution in [0.2, 0.25) is 0 Å². The number of aromatic nitrogens is 1. The van der Waals surface area contributed by atoms with Crippen molar-refractivity contribution in [2.45, 2.75) is 20.0 Å². The van der Waals surface area contributed by atoms with Gasteiger partial charge >= 0.3 is 6.03 Å². The molecule has 11 nitrogen and oxygen atoms in total. The van der Waals surface area contributed by atoms with Crippen LogP contribution in [0, 0.1) is 17.6 Å². The van der Waals surface area contributed by atoms with Crippen molar-refractivity contribution < 1.29 is 42.1 Å². The average Bonchev–Trinajstić information content (AvgIpc) is 3.03. The molecule has 5 rings (SSSR count). The highest BCUT2D eigenvalue weighted by Gasteiger charge is 2.43. The second kappa shape index (κ2) is 13.8. The molecule has 1 N–H and O–H groups in total. The van der Waals surface area contributed by atoms with Crippen LogP contribution < -0.4 is 24.4 Å². The van der Waals surface area contributed by atoms with Gasteiger partial charge in [-0.1, -0.05) is 0 Å². The van der Waals surface area contributed by atoms with E-state index in [9.17, 15) is 18.8 Å². The molecule has 1 unspecified atom stereocenters. The molecule has 0 saturated carbocycles. The van der Waals surface area contributed by atoms with E-state index in [1.165, 1.54) is 49.6 Å². The summed E-state index contributed by atoms with van der Waals surface area (Å²) in [4.78, 5) is 46.6. The highest BCUT2D eigenvalue weighted by Crippen LogP contribution is 2.37. The summed E-state index contributed by atoms with van der Waals surface area (Å²) in [5.41, 5.74) is 0.707. The first-order valence-corrected chi connectivity index (χ1v) is 14.4. The van der Waals surface area contributed by atoms with Crippen LogP contribution in [0.25, 0.3) is 10.9 Å². The summed E-state index contributed by atoms with van der Waals surface area (Å²) in [6.07, 6.45) is 1.41. The number of fused-ring (bicyclic) bond motifs is 1. The molecule has 1 aliphatic rings. The van der Waals surface area contributed by atoms with Crippen molar-refractivity contribution >= 4 is 40.1 Å². The molecule has 13 heteroatoms. The van der Waals surface area contributed by atoms with Gasteiger partial charge < -0.3 is 29.2 Å². The van der Waals surface area contributed by atoms with Gasteiger partial charge in [0.25, 0.3) is 0 Å². The van der Waals surface area contributed by atoms with Crippen molar-refractivity contribution in [1.29, 1.82) is 0 Å². The number of carbonyl (C=O) groups is 3. The molecule has 240 valence electrons. The first kappa shape index (κ1) is 32.1. The minimum atomic E-state index is -1.34. The van der Waals surface area contributed by atoms with Crippen LogP contribution >= 0.6 is 0 Å². The van der Waals surface area contributed by atoms with E-state index in [4.69, 9.17) is 18.9 Å². The number of amides is 4. The molecular weight excluding hydrogens is 602 g/mol. The molecule has 0 radical (unpaired) electrons. The number of benzene rings is 3. The number of nitrogens with one attached hydrogen (secondary N) is 1. The van der Waals surface area contributed by atoms with Crippen LogP contribution in [-0.2, 0) is 14.3 Å². The molecule has 1 atom stereocenters. The zero-order valence-corrected chi connectivity index (χ0v) is 25.6. The third-order valence-electron chi connectivity index (χ3n) is 7.22. The fraction of sp³-hybridized carbons (Fsp3) is 0.273. The lowest BCUT2D eigenvalue weighted by Gasteiger charge is -2.38. The maximum atomic E-state index is 15.3. The van der Waals surface area contributed by atoms with Crippen LogP contribution in [0.15, 0.2) is 66.9 Å². The number of nitrogens with zero attached hydrogens (tertiary/aromatic N) is 3. The molecule has 0 aliphatic carbocycles. The van der Waals surface area contributed by atoms with Gasteiger partial charge in [-0.3, -0.25) is 14.6 Å². The number of hydrogen-bond acceptors (Lipinski definition) is 8. The Morgan fingerprint density at radius 3 is 2.35 bits per heavy atom. The molecule has 0 spiro atoms. The Balaban J connectivity index is 1.35. The predicted octanol–water partition coefficient (Wildman–Crippen LogP) is 5.77. The van der Waals surface area contributed by atoms with E-state index in [2.05, 4.69) is 10.3 Å². The number of hydrogen-bond donors (Lipinski definition) is 1. The van der Waals surface area contributed by atoms with Gasteiger partial charge in [0, 0.05) is 42.5 Å². The quantitative estimate of drug-likeness (QED) is 0.207. The minimum Gasteiger partial charge on any atom is -0.493 e. The summed E-state index contributed by atoms with van der Waals surface area (Å²) in [6.45, 7) is 3.73. The molecule has 3 aromatic carbocycles. The van der Waals surface area contributed by atoms with Gasteiger partial charge in [-0.15, -0.1) is 0 Å². The summed E-state index contributed by atoms with van der Waals surface area (Å²) in [7, 11) is 3.00. The van der Waals surface area contributed by atoms with Crippen LogP contribution in [-0.4, -0.2) is 67.7 Å². The standard InChI is InChI=1S/C33H32F2N4O7/c1-19(2)45-14-13-38-18-24(32(41)39(33(38)42)22-8-5-20(34)6-9-22)31(40)37-21-7-10-28(25(35)15-21)46-27-11-12-36-26-17-30(44-4)29(43-3)16-23(26)27/h5-12,15-17,19,24H,13-14,18H2,1-4H3,(H,37,40). The van der Waals surface area contributed by atoms with E-state index in [1.807, 2.05) is 13.8 Å². The van der Waals surface area contributed by atoms with Crippen LogP contribution in [0.1, 0.15) is 13.8 Å². The predicted molar refractivity (Wildman–Crippen MR) is 165 cm³/mol. The highest BCUT2D eigenvalue weighted by atomic mass is 19.1. The second-order valence-electron chi connectivity index (χ2n) is 10.6. The lowest BCUT2D eigenvalue weighted by molar-refractivity contribution is -0.132. The molecule has 1 aromatic heterocycles. The summed E-state index contributed by atoms with van der Waals surface area (Å²) < 4.78 is 51.0. The van der Waals surface area contributed by atoms with E-state index >= 15 is 4.39 Å². The Kier molecular flexibility index (Phi) is 9.61. The van der Waals surface area contributed by atoms with Crippen molar-refractivity contribution in [3.05, 3.63) is 78.5 Å². The first-order chi connectivity index (χ1) is 22.1. The lowest BCUT2D eigenvalue weighted by Crippen LogP contribution is -2.60. The first-order valence-electron chi connectivity index (χ1n) is 14.4. The third-order valence-corrected chi connectivity index (χ3v) is 7.22. The van der Waals surface area contributed by atoms with Crippen molar-refractivity contribution in [2.24, 2.45) is 5.92 Å². The maximum Gasteiger partial charge on any atom is 0.331 e. The van der Waals surface area contributed by atoms with E-state index in [-0.39, 0.29) is 42.9 Å². The Morgan fingerprint density at radius 1 is 0.957 bits per heavy atom. The van der Waals surface area contributed by atoms with Crippen LogP contribution in [0.3, 0.4) is 0 Å². The summed E-state index contributed by atoms with van der Waals surface area (Å²) in [5.74, 6) is -3.14. The monoisotopic (exact) mass is 634 g/mol. The molecule has 4 amide bonds. The van der Waals surface area contributed by atoms with Gasteiger partial charge in [-0.05, 0) is 62.4 Å². The summed E-state index contributed by atoms with van der Waals surface area (Å²) >= 11 is 0. The molecule has 2 heterocycles. The molecule has 1 saturated heterocycles. The number of carbonyl (C=O) groups excluding carboxylic acids is 3. The normalized spacial score (nSPS) is 15.0. The Labute approximate surface area is 263 Å². The van der Waals surface area contributed by atoms with E-state index in [1.54, 1.807) is 18.2 Å². The molecule has 1 aliphatic heterocycles. The van der Waals surface area contributed by atoms with Crippen molar-refractivity contribution in [2.75, 3.05) is 44.1 Å². The number of imide groups is 1. The topological polar surface area (TPSA) is 120 Å². The third kappa shape index (κ3) is 6.84. The SMILES string of the molecule is COc1cc2nccc(Oc3ccc(NC(=O)C4CN(CCOC(C)C)C(=O)N(c5ccc(F)cc5)C4=O)cc3F)c2cc1OC. The van der Waals surface area contributed by atoms with Gasteiger partial charge in [-0.2, -0.15) is 0 Å². The van der Waals surface area contributed by atoms with Crippen molar-refractivity contribution in [3.8, 4) is 23.0 Å². The highest BCUT2D eigenvalue weighted by molar-refractivity contribution is 6.23. The Hall–Kier alpha value is -5.30. The number of halogens is 2. The smallest absolute Gasteiger partial charge is 0.331 e. The van der Waals surface area contributed by atoms with E-state index in [0.717, 1.165) is 23.1 Å². The van der Waals surface area contributed by atoms with Gasteiger partial charge in [0.15, 0.2) is 23.1 Å². The maximum absolute atomic E-state index is 15.3. The van der Waals surface area contributed by atoms with Gasteiger partial charge in [0.1, 0.15) is 17.5 Å². The fourth-order valence-corrected chi connectivity index (χ4v) is 4.92. The second-order valence-corrected chi connectivity index (χ2v) is 10.6. The summed E-state index contributed by atoms with van der Waals surface area (Å²) in [5, 5.41) is 3.12. The largest absolute Gasteiger partial charge is 0.493 e. The van der Waals surface area contributed by atoms with Gasteiger partial charge in [-0.25, -0.2) is 18.5 Å².